The van der Waals surface area contributed by atoms with E-state index in [4.69, 9.17) is 25.5 Å². The highest BCUT2D eigenvalue weighted by atomic mass is 32.1. The van der Waals surface area contributed by atoms with E-state index in [0.717, 1.165) is 13.1 Å². The number of pyridine rings is 1. The number of nitrogens with two attached hydrogens (primary N) is 1. The van der Waals surface area contributed by atoms with Gasteiger partial charge in [0.15, 0.2) is 18.5 Å². The maximum atomic E-state index is 12.3. The van der Waals surface area contributed by atoms with Crippen molar-refractivity contribution in [1.82, 2.24) is 9.88 Å². The molecule has 0 saturated carbocycles. The Morgan fingerprint density at radius 2 is 1.86 bits per heavy atom. The number of amidine groups is 1. The predicted octanol–water partition coefficient (Wildman–Crippen LogP) is 2.20. The molecule has 1 unspecified atom stereocenters. The van der Waals surface area contributed by atoms with E-state index in [0.29, 0.717) is 29.1 Å². The van der Waals surface area contributed by atoms with Crippen LogP contribution in [0.4, 0.5) is 0 Å². The number of aromatic nitrogens is 1. The number of thiophene rings is 1. The molecule has 4 N–H and O–H groups in total. The second-order valence-electron chi connectivity index (χ2n) is 7.39. The summed E-state index contributed by atoms with van der Waals surface area (Å²) in [4.78, 5) is 43.7. The van der Waals surface area contributed by atoms with E-state index in [-0.39, 0.29) is 18.4 Å². The summed E-state index contributed by atoms with van der Waals surface area (Å²) in [5.74, 6) is -2.61. The highest BCUT2D eigenvalue weighted by Gasteiger charge is 2.22. The average Bonchev–Trinajstić information content (AvgIpc) is 3.39. The van der Waals surface area contributed by atoms with Crippen LogP contribution in [0.2, 0.25) is 0 Å². The molecule has 3 rings (SSSR count). The van der Waals surface area contributed by atoms with Crippen molar-refractivity contribution in [3.8, 4) is 0 Å². The minimum Gasteiger partial charge on any atom is -0.478 e. The largest absolute Gasteiger partial charge is 0.478 e. The van der Waals surface area contributed by atoms with Crippen molar-refractivity contribution in [3.05, 3.63) is 64.6 Å². The number of nitrogens with zero attached hydrogens (tertiary/aromatic N) is 3. The van der Waals surface area contributed by atoms with Gasteiger partial charge in [0, 0.05) is 36.7 Å². The van der Waals surface area contributed by atoms with Gasteiger partial charge in [-0.15, -0.1) is 11.3 Å². The molecule has 0 amide bonds. The number of likely N-dealkylation sites (tertiary alicyclic amines) is 1. The zero-order chi connectivity index (χ0) is 25.5. The first-order chi connectivity index (χ1) is 16.8. The third kappa shape index (κ3) is 11.3. The van der Waals surface area contributed by atoms with Crippen molar-refractivity contribution in [2.24, 2.45) is 10.9 Å². The number of carbonyl (C=O) groups excluding carboxylic acids is 1. The van der Waals surface area contributed by atoms with Crippen molar-refractivity contribution in [1.29, 1.82) is 0 Å². The van der Waals surface area contributed by atoms with Crippen molar-refractivity contribution in [3.63, 3.8) is 0 Å². The van der Waals surface area contributed by atoms with Gasteiger partial charge in [-0.3, -0.25) is 9.88 Å². The Kier molecular flexibility index (Phi) is 11.9. The third-order valence-electron chi connectivity index (χ3n) is 4.66. The molecule has 0 aliphatic carbocycles. The van der Waals surface area contributed by atoms with E-state index >= 15 is 0 Å². The fraction of sp³-hybridized carbons (Fsp3) is 0.348. The molecule has 3 heterocycles. The Labute approximate surface area is 206 Å². The summed E-state index contributed by atoms with van der Waals surface area (Å²) >= 11 is 1.36. The van der Waals surface area contributed by atoms with Crippen molar-refractivity contribution < 1.29 is 34.2 Å². The maximum absolute atomic E-state index is 12.3. The minimum atomic E-state index is -1.26. The molecule has 1 fully saturated rings. The topological polar surface area (TPSA) is 165 Å². The summed E-state index contributed by atoms with van der Waals surface area (Å²) in [5.41, 5.74) is 6.59. The van der Waals surface area contributed by atoms with Gasteiger partial charge >= 0.3 is 17.9 Å². The second-order valence-corrected chi connectivity index (χ2v) is 8.34. The van der Waals surface area contributed by atoms with Crippen LogP contribution in [0.1, 0.15) is 34.5 Å². The lowest BCUT2D eigenvalue weighted by molar-refractivity contribution is -0.134. The van der Waals surface area contributed by atoms with E-state index in [1.54, 1.807) is 30.6 Å². The summed E-state index contributed by atoms with van der Waals surface area (Å²) in [5, 5.41) is 21.4. The monoisotopic (exact) mass is 504 g/mol. The van der Waals surface area contributed by atoms with Gasteiger partial charge in [-0.1, -0.05) is 17.6 Å². The average molecular weight is 505 g/mol. The maximum Gasteiger partial charge on any atom is 0.348 e. The zero-order valence-corrected chi connectivity index (χ0v) is 19.8. The number of hydrogen-bond donors (Lipinski definition) is 3. The summed E-state index contributed by atoms with van der Waals surface area (Å²) in [7, 11) is 0. The van der Waals surface area contributed by atoms with Gasteiger partial charge in [0.2, 0.25) is 0 Å². The Bertz CT molecular complexity index is 975. The molecule has 11 nitrogen and oxygen atoms in total. The first-order valence-corrected chi connectivity index (χ1v) is 11.7. The number of carbonyl (C=O) groups is 3. The molecule has 2 aromatic heterocycles. The van der Waals surface area contributed by atoms with Crippen LogP contribution in [0.3, 0.4) is 0 Å². The van der Waals surface area contributed by atoms with Crippen LogP contribution in [0, 0.1) is 0 Å². The van der Waals surface area contributed by atoms with Gasteiger partial charge in [0.1, 0.15) is 4.88 Å². The van der Waals surface area contributed by atoms with Crippen molar-refractivity contribution >= 4 is 35.1 Å². The van der Waals surface area contributed by atoms with E-state index in [2.05, 4.69) is 15.0 Å². The first-order valence-electron chi connectivity index (χ1n) is 10.8. The summed E-state index contributed by atoms with van der Waals surface area (Å²) in [6, 6.07) is 7.16. The number of rotatable bonds is 10. The molecule has 0 spiro atoms. The number of carboxylic acids is 2. The molecule has 1 atom stereocenters. The smallest absolute Gasteiger partial charge is 0.348 e. The fourth-order valence-corrected chi connectivity index (χ4v) is 3.66. The molecular weight excluding hydrogens is 476 g/mol. The number of carboxylic acid groups (broad SMARTS) is 2. The number of hydrogen-bond acceptors (Lipinski definition) is 9. The van der Waals surface area contributed by atoms with Crippen molar-refractivity contribution in [2.45, 2.75) is 25.4 Å². The van der Waals surface area contributed by atoms with Crippen LogP contribution in [-0.2, 0) is 19.2 Å². The van der Waals surface area contributed by atoms with E-state index in [1.807, 2.05) is 11.4 Å². The Hall–Kier alpha value is -3.77. The molecule has 1 aliphatic rings. The summed E-state index contributed by atoms with van der Waals surface area (Å²) in [6.45, 7) is 2.79. The van der Waals surface area contributed by atoms with Crippen LogP contribution in [0.5, 0.6) is 0 Å². The van der Waals surface area contributed by atoms with Crippen LogP contribution in [0.25, 0.3) is 0 Å². The zero-order valence-electron chi connectivity index (χ0n) is 19.0. The second kappa shape index (κ2) is 15.2. The Morgan fingerprint density at radius 3 is 2.43 bits per heavy atom. The van der Waals surface area contributed by atoms with Crippen LogP contribution >= 0.6 is 11.3 Å². The van der Waals surface area contributed by atoms with Crippen LogP contribution in [-0.4, -0.2) is 76.2 Å². The van der Waals surface area contributed by atoms with E-state index < -0.39 is 18.0 Å². The normalized spacial score (nSPS) is 15.0. The lowest BCUT2D eigenvalue weighted by Gasteiger charge is -2.29. The molecule has 0 aromatic carbocycles. The molecule has 1 aliphatic heterocycles. The molecule has 2 aromatic rings. The molecule has 12 heteroatoms. The number of oxime groups is 1. The molecule has 1 saturated heterocycles. The Morgan fingerprint density at radius 1 is 1.14 bits per heavy atom. The highest BCUT2D eigenvalue weighted by molar-refractivity contribution is 7.11. The molecule has 35 heavy (non-hydrogen) atoms. The number of piperidine rings is 1. The lowest BCUT2D eigenvalue weighted by atomic mass is 10.1. The van der Waals surface area contributed by atoms with Gasteiger partial charge < -0.3 is 25.5 Å². The van der Waals surface area contributed by atoms with Crippen molar-refractivity contribution in [2.75, 3.05) is 26.2 Å². The lowest BCUT2D eigenvalue weighted by Crippen LogP contribution is -2.40. The quantitative estimate of drug-likeness (QED) is 0.144. The highest BCUT2D eigenvalue weighted by Crippen LogP contribution is 2.14. The number of aliphatic carboxylic acids is 2. The van der Waals surface area contributed by atoms with E-state index in [1.165, 1.54) is 30.6 Å². The van der Waals surface area contributed by atoms with Crippen LogP contribution < -0.4 is 5.73 Å². The molecule has 0 bridgehead atoms. The Balaban J connectivity index is 0.000000466. The van der Waals surface area contributed by atoms with Gasteiger partial charge in [-0.25, -0.2) is 14.4 Å². The first kappa shape index (κ1) is 27.5. The van der Waals surface area contributed by atoms with Gasteiger partial charge in [0.05, 0.1) is 0 Å². The molecule has 188 valence electrons. The minimum absolute atomic E-state index is 0.147. The predicted molar refractivity (Wildman–Crippen MR) is 129 cm³/mol. The van der Waals surface area contributed by atoms with Crippen LogP contribution in [0.15, 0.2) is 59.3 Å². The fourth-order valence-electron chi connectivity index (χ4n) is 3.06. The number of ether oxygens (including phenoxy) is 1. The standard InChI is InChI=1S/C19H24N4O3S.C4H4O4/c20-18(15-6-4-8-21-12-15)22-25-14-16(13-23-9-2-1-3-10-23)26-19(24)17-7-5-11-27-17;5-3(6)1-2-4(7)8/h4-8,11-12,16H,1-3,9-10,13-14H2,(H2,20,22);1-2H,(H,5,6)(H,7,8)/b;2-1-. The SMILES string of the molecule is NC(=NOCC(CN1CCCCC1)OC(=O)c1cccs1)c1cccnc1.O=C(O)/C=C\C(=O)O. The number of esters is 1. The van der Waals surface area contributed by atoms with E-state index in [9.17, 15) is 14.4 Å². The van der Waals surface area contributed by atoms with Gasteiger partial charge in [0.25, 0.3) is 0 Å². The summed E-state index contributed by atoms with van der Waals surface area (Å²) < 4.78 is 5.67. The summed E-state index contributed by atoms with van der Waals surface area (Å²) in [6.07, 6.45) is 7.56. The molecule has 0 radical (unpaired) electrons. The van der Waals surface area contributed by atoms with Gasteiger partial charge in [-0.05, 0) is 49.5 Å². The molecular formula is C23H28N4O7S. The third-order valence-corrected chi connectivity index (χ3v) is 5.51. The van der Waals surface area contributed by atoms with Gasteiger partial charge in [-0.2, -0.15) is 0 Å².